The van der Waals surface area contributed by atoms with E-state index in [0.29, 0.717) is 5.89 Å². The molecule has 0 amide bonds. The molecule has 0 aliphatic rings. The molecule has 0 unspecified atom stereocenters. The smallest absolute Gasteiger partial charge is 0.247 e. The van der Waals surface area contributed by atoms with Crippen molar-refractivity contribution in [3.63, 3.8) is 0 Å². The predicted octanol–water partition coefficient (Wildman–Crippen LogP) is 3.05. The summed E-state index contributed by atoms with van der Waals surface area (Å²) in [5.74, 6) is 0.523. The van der Waals surface area contributed by atoms with Gasteiger partial charge in [-0.2, -0.15) is 0 Å². The standard InChI is InChI=1S/C15H14N4O/c1-11-4-5-13(15-19-18-10-20-15)7-14(11)17-9-12-3-2-6-16-8-12/h2-8,10,17H,9H2,1H3. The number of hydrogen-bond donors (Lipinski definition) is 1. The van der Waals surface area contributed by atoms with E-state index in [0.717, 1.165) is 28.9 Å². The van der Waals surface area contributed by atoms with Crippen LogP contribution in [0.1, 0.15) is 11.1 Å². The molecule has 0 bridgehead atoms. The highest BCUT2D eigenvalue weighted by molar-refractivity contribution is 5.64. The van der Waals surface area contributed by atoms with E-state index in [1.165, 1.54) is 6.39 Å². The van der Waals surface area contributed by atoms with Gasteiger partial charge in [-0.05, 0) is 36.2 Å². The average molecular weight is 266 g/mol. The minimum Gasteiger partial charge on any atom is -0.423 e. The summed E-state index contributed by atoms with van der Waals surface area (Å²) < 4.78 is 5.22. The molecule has 0 atom stereocenters. The average Bonchev–Trinajstić information content (AvgIpc) is 3.02. The molecule has 0 spiro atoms. The molecule has 5 nitrogen and oxygen atoms in total. The topological polar surface area (TPSA) is 63.8 Å². The molecular weight excluding hydrogens is 252 g/mol. The lowest BCUT2D eigenvalue weighted by molar-refractivity contribution is 0.568. The van der Waals surface area contributed by atoms with Crippen molar-refractivity contribution in [2.75, 3.05) is 5.32 Å². The second kappa shape index (κ2) is 5.52. The van der Waals surface area contributed by atoms with Gasteiger partial charge in [-0.3, -0.25) is 4.98 Å². The van der Waals surface area contributed by atoms with E-state index in [1.807, 2.05) is 36.5 Å². The van der Waals surface area contributed by atoms with Gasteiger partial charge in [-0.1, -0.05) is 12.1 Å². The van der Waals surface area contributed by atoms with E-state index in [-0.39, 0.29) is 0 Å². The lowest BCUT2D eigenvalue weighted by Crippen LogP contribution is -2.01. The second-order valence-corrected chi connectivity index (χ2v) is 4.49. The van der Waals surface area contributed by atoms with Gasteiger partial charge in [-0.25, -0.2) is 0 Å². The second-order valence-electron chi connectivity index (χ2n) is 4.49. The number of benzene rings is 1. The van der Waals surface area contributed by atoms with E-state index in [4.69, 9.17) is 4.42 Å². The minimum absolute atomic E-state index is 0.523. The zero-order valence-electron chi connectivity index (χ0n) is 11.1. The first-order valence-electron chi connectivity index (χ1n) is 6.33. The number of pyridine rings is 1. The van der Waals surface area contributed by atoms with E-state index < -0.39 is 0 Å². The Kier molecular flexibility index (Phi) is 3.41. The summed E-state index contributed by atoms with van der Waals surface area (Å²) >= 11 is 0. The van der Waals surface area contributed by atoms with Crippen LogP contribution in [-0.2, 0) is 6.54 Å². The number of aromatic nitrogens is 3. The summed E-state index contributed by atoms with van der Waals surface area (Å²) in [5, 5.41) is 11.0. The molecule has 0 saturated carbocycles. The molecule has 0 aliphatic heterocycles. The van der Waals surface area contributed by atoms with Crippen molar-refractivity contribution in [1.82, 2.24) is 15.2 Å². The molecule has 3 rings (SSSR count). The van der Waals surface area contributed by atoms with Crippen molar-refractivity contribution >= 4 is 5.69 Å². The summed E-state index contributed by atoms with van der Waals surface area (Å²) in [6, 6.07) is 9.98. The van der Waals surface area contributed by atoms with Gasteiger partial charge in [0.2, 0.25) is 12.3 Å². The molecule has 3 aromatic rings. The van der Waals surface area contributed by atoms with E-state index >= 15 is 0 Å². The fourth-order valence-electron chi connectivity index (χ4n) is 1.94. The normalized spacial score (nSPS) is 10.4. The fraction of sp³-hybridized carbons (Fsp3) is 0.133. The van der Waals surface area contributed by atoms with Crippen molar-refractivity contribution in [2.24, 2.45) is 0 Å². The summed E-state index contributed by atoms with van der Waals surface area (Å²) in [5.41, 5.74) is 4.25. The predicted molar refractivity (Wildman–Crippen MR) is 76.0 cm³/mol. The van der Waals surface area contributed by atoms with Crippen molar-refractivity contribution in [1.29, 1.82) is 0 Å². The minimum atomic E-state index is 0.523. The highest BCUT2D eigenvalue weighted by Gasteiger charge is 2.06. The van der Waals surface area contributed by atoms with Crippen LogP contribution in [0.5, 0.6) is 0 Å². The van der Waals surface area contributed by atoms with E-state index in [9.17, 15) is 0 Å². The quantitative estimate of drug-likeness (QED) is 0.786. The highest BCUT2D eigenvalue weighted by Crippen LogP contribution is 2.24. The third-order valence-electron chi connectivity index (χ3n) is 3.05. The van der Waals surface area contributed by atoms with Gasteiger partial charge < -0.3 is 9.73 Å². The van der Waals surface area contributed by atoms with Crippen molar-refractivity contribution in [3.05, 3.63) is 60.2 Å². The zero-order valence-corrected chi connectivity index (χ0v) is 11.1. The Morgan fingerprint density at radius 1 is 1.25 bits per heavy atom. The largest absolute Gasteiger partial charge is 0.423 e. The van der Waals surface area contributed by atoms with Crippen molar-refractivity contribution < 1.29 is 4.42 Å². The van der Waals surface area contributed by atoms with Crippen LogP contribution in [0.3, 0.4) is 0 Å². The molecular formula is C15H14N4O. The molecule has 100 valence electrons. The zero-order chi connectivity index (χ0) is 13.8. The SMILES string of the molecule is Cc1ccc(-c2nnco2)cc1NCc1cccnc1. The van der Waals surface area contributed by atoms with Crippen LogP contribution in [0.4, 0.5) is 5.69 Å². The summed E-state index contributed by atoms with van der Waals surface area (Å²) in [7, 11) is 0. The maximum absolute atomic E-state index is 5.22. The summed E-state index contributed by atoms with van der Waals surface area (Å²) in [6.07, 6.45) is 4.95. The maximum atomic E-state index is 5.22. The fourth-order valence-corrected chi connectivity index (χ4v) is 1.94. The summed E-state index contributed by atoms with van der Waals surface area (Å²) in [4.78, 5) is 4.10. The van der Waals surface area contributed by atoms with Gasteiger partial charge in [0, 0.05) is 30.2 Å². The summed E-state index contributed by atoms with van der Waals surface area (Å²) in [6.45, 7) is 2.78. The number of anilines is 1. The molecule has 0 radical (unpaired) electrons. The molecule has 0 saturated heterocycles. The lowest BCUT2D eigenvalue weighted by Gasteiger charge is -2.10. The first-order valence-corrected chi connectivity index (χ1v) is 6.33. The number of aryl methyl sites for hydroxylation is 1. The molecule has 1 aromatic carbocycles. The third-order valence-corrected chi connectivity index (χ3v) is 3.05. The maximum Gasteiger partial charge on any atom is 0.247 e. The molecule has 2 heterocycles. The lowest BCUT2D eigenvalue weighted by atomic mass is 10.1. The first-order chi connectivity index (χ1) is 9.83. The van der Waals surface area contributed by atoms with Gasteiger partial charge in [0.25, 0.3) is 0 Å². The Balaban J connectivity index is 1.80. The highest BCUT2D eigenvalue weighted by atomic mass is 16.4. The van der Waals surface area contributed by atoms with Gasteiger partial charge in [0.1, 0.15) is 0 Å². The van der Waals surface area contributed by atoms with Crippen LogP contribution in [-0.4, -0.2) is 15.2 Å². The molecule has 5 heteroatoms. The number of nitrogens with zero attached hydrogens (tertiary/aromatic N) is 3. The van der Waals surface area contributed by atoms with Gasteiger partial charge in [-0.15, -0.1) is 10.2 Å². The Hall–Kier alpha value is -2.69. The van der Waals surface area contributed by atoms with E-state index in [2.05, 4.69) is 27.4 Å². The van der Waals surface area contributed by atoms with Gasteiger partial charge >= 0.3 is 0 Å². The van der Waals surface area contributed by atoms with E-state index in [1.54, 1.807) is 6.20 Å². The Morgan fingerprint density at radius 2 is 2.20 bits per heavy atom. The van der Waals surface area contributed by atoms with Crippen LogP contribution in [0.25, 0.3) is 11.5 Å². The number of hydrogen-bond acceptors (Lipinski definition) is 5. The van der Waals surface area contributed by atoms with Gasteiger partial charge in [0.05, 0.1) is 0 Å². The van der Waals surface area contributed by atoms with Crippen LogP contribution < -0.4 is 5.32 Å². The Morgan fingerprint density at radius 3 is 2.95 bits per heavy atom. The number of nitrogens with one attached hydrogen (secondary N) is 1. The monoisotopic (exact) mass is 266 g/mol. The van der Waals surface area contributed by atoms with Crippen LogP contribution in [0.2, 0.25) is 0 Å². The van der Waals surface area contributed by atoms with Crippen LogP contribution >= 0.6 is 0 Å². The molecule has 1 N–H and O–H groups in total. The van der Waals surface area contributed by atoms with Crippen LogP contribution in [0.15, 0.2) is 53.5 Å². The van der Waals surface area contributed by atoms with Gasteiger partial charge in [0.15, 0.2) is 0 Å². The molecule has 0 fully saturated rings. The molecule has 2 aromatic heterocycles. The molecule has 20 heavy (non-hydrogen) atoms. The Labute approximate surface area is 116 Å². The van der Waals surface area contributed by atoms with Crippen molar-refractivity contribution in [2.45, 2.75) is 13.5 Å². The van der Waals surface area contributed by atoms with Crippen molar-refractivity contribution in [3.8, 4) is 11.5 Å². The third kappa shape index (κ3) is 2.66. The van der Waals surface area contributed by atoms with Crippen LogP contribution in [0, 0.1) is 6.92 Å². The number of rotatable bonds is 4. The Bertz CT molecular complexity index is 680. The first kappa shape index (κ1) is 12.3. The molecule has 0 aliphatic carbocycles.